The van der Waals surface area contributed by atoms with Crippen LogP contribution in [-0.2, 0) is 6.54 Å². The molecule has 6 rings (SSSR count). The van der Waals surface area contributed by atoms with Crippen LogP contribution in [0.1, 0.15) is 71.9 Å². The molecule has 2 aliphatic rings. The third kappa shape index (κ3) is 4.51. The van der Waals surface area contributed by atoms with Gasteiger partial charge in [0.2, 0.25) is 0 Å². The molecule has 0 saturated heterocycles. The quantitative estimate of drug-likeness (QED) is 0.367. The van der Waals surface area contributed by atoms with E-state index in [1.54, 1.807) is 36.3 Å². The van der Waals surface area contributed by atoms with E-state index in [2.05, 4.69) is 37.5 Å². The molecule has 10 nitrogen and oxygen atoms in total. The number of anilines is 1. The Kier molecular flexibility index (Phi) is 6.09. The van der Waals surface area contributed by atoms with Gasteiger partial charge >= 0.3 is 0 Å². The fraction of sp³-hybridized carbons (Fsp3) is 0.393. The van der Waals surface area contributed by atoms with Crippen molar-refractivity contribution in [3.63, 3.8) is 0 Å². The van der Waals surface area contributed by atoms with Gasteiger partial charge < -0.3 is 10.6 Å². The Labute approximate surface area is 220 Å². The van der Waals surface area contributed by atoms with E-state index in [9.17, 15) is 9.59 Å². The van der Waals surface area contributed by atoms with Gasteiger partial charge in [0, 0.05) is 31.1 Å². The normalized spacial score (nSPS) is 15.9. The van der Waals surface area contributed by atoms with E-state index in [4.69, 9.17) is 4.98 Å². The second kappa shape index (κ2) is 9.59. The molecule has 38 heavy (non-hydrogen) atoms. The molecule has 1 atom stereocenters. The maximum Gasteiger partial charge on any atom is 0.295 e. The molecular formula is C28H30N8O2. The summed E-state index contributed by atoms with van der Waals surface area (Å²) in [7, 11) is 1.60. The summed E-state index contributed by atoms with van der Waals surface area (Å²) < 4.78 is 1.78. The lowest BCUT2D eigenvalue weighted by molar-refractivity contribution is 0.0963. The van der Waals surface area contributed by atoms with Crippen molar-refractivity contribution in [2.24, 2.45) is 5.92 Å². The van der Waals surface area contributed by atoms with Crippen molar-refractivity contribution in [2.75, 3.05) is 12.4 Å². The van der Waals surface area contributed by atoms with Gasteiger partial charge in [-0.1, -0.05) is 12.1 Å². The highest BCUT2D eigenvalue weighted by Gasteiger charge is 2.33. The first-order valence-electron chi connectivity index (χ1n) is 13.1. The van der Waals surface area contributed by atoms with Crippen molar-refractivity contribution in [3.05, 3.63) is 69.7 Å². The van der Waals surface area contributed by atoms with Gasteiger partial charge in [0.25, 0.3) is 11.5 Å². The molecule has 4 aromatic rings. The summed E-state index contributed by atoms with van der Waals surface area (Å²) in [6, 6.07) is 7.23. The number of hydrogen-bond acceptors (Lipinski definition) is 8. The molecular weight excluding hydrogens is 480 g/mol. The molecule has 2 fully saturated rings. The summed E-state index contributed by atoms with van der Waals surface area (Å²) in [6.07, 6.45) is 7.68. The number of nitrogens with one attached hydrogen (secondary N) is 2. The van der Waals surface area contributed by atoms with Gasteiger partial charge in [-0.25, -0.2) is 24.9 Å². The van der Waals surface area contributed by atoms with Crippen molar-refractivity contribution in [1.29, 1.82) is 0 Å². The number of aromatic nitrogens is 6. The molecule has 194 valence electrons. The third-order valence-electron chi connectivity index (χ3n) is 7.50. The number of carbonyl (C=O) groups is 1. The number of carbonyl (C=O) groups excluding carboxylic acids is 1. The lowest BCUT2D eigenvalue weighted by Gasteiger charge is -2.19. The van der Waals surface area contributed by atoms with Crippen LogP contribution < -0.4 is 16.2 Å². The summed E-state index contributed by atoms with van der Waals surface area (Å²) in [5.74, 6) is 1.50. The first kappa shape index (κ1) is 24.1. The predicted octanol–water partition coefficient (Wildman–Crippen LogP) is 3.77. The van der Waals surface area contributed by atoms with Crippen LogP contribution in [0.15, 0.2) is 41.6 Å². The van der Waals surface area contributed by atoms with Crippen LogP contribution in [0.4, 0.5) is 5.82 Å². The summed E-state index contributed by atoms with van der Waals surface area (Å²) in [5.41, 5.74) is 5.07. The first-order valence-corrected chi connectivity index (χ1v) is 13.1. The SMILES string of the molecule is CNC(=O)c1ccc(CNc2nc3cnc(-c4c(C)ncnc4C4CC4)nc3n(C(C)C3CC3)c2=O)cc1. The van der Waals surface area contributed by atoms with Crippen molar-refractivity contribution < 1.29 is 4.79 Å². The molecule has 2 saturated carbocycles. The van der Waals surface area contributed by atoms with Crippen molar-refractivity contribution >= 4 is 22.9 Å². The van der Waals surface area contributed by atoms with Gasteiger partial charge in [-0.05, 0) is 63.1 Å². The molecule has 3 heterocycles. The predicted molar refractivity (Wildman–Crippen MR) is 144 cm³/mol. The van der Waals surface area contributed by atoms with Crippen molar-refractivity contribution in [3.8, 4) is 11.4 Å². The van der Waals surface area contributed by atoms with Crippen LogP contribution >= 0.6 is 0 Å². The Morgan fingerprint density at radius 1 is 1.08 bits per heavy atom. The van der Waals surface area contributed by atoms with E-state index in [1.165, 1.54) is 0 Å². The minimum Gasteiger partial charge on any atom is -0.361 e. The number of nitrogens with zero attached hydrogens (tertiary/aromatic N) is 6. The Morgan fingerprint density at radius 3 is 2.53 bits per heavy atom. The molecule has 2 N–H and O–H groups in total. The van der Waals surface area contributed by atoms with Gasteiger partial charge in [0.15, 0.2) is 17.3 Å². The molecule has 1 aromatic carbocycles. The highest BCUT2D eigenvalue weighted by Crippen LogP contribution is 2.43. The molecule has 1 amide bonds. The average molecular weight is 511 g/mol. The smallest absolute Gasteiger partial charge is 0.295 e. The van der Waals surface area contributed by atoms with Gasteiger partial charge in [-0.3, -0.25) is 14.2 Å². The number of amides is 1. The van der Waals surface area contributed by atoms with Crippen LogP contribution in [0.5, 0.6) is 0 Å². The van der Waals surface area contributed by atoms with Crippen molar-refractivity contribution in [2.45, 2.75) is 58.0 Å². The zero-order chi connectivity index (χ0) is 26.4. The molecule has 0 bridgehead atoms. The highest BCUT2D eigenvalue weighted by atomic mass is 16.1. The van der Waals surface area contributed by atoms with Crippen LogP contribution in [0, 0.1) is 12.8 Å². The highest BCUT2D eigenvalue weighted by molar-refractivity contribution is 5.93. The van der Waals surface area contributed by atoms with E-state index in [-0.39, 0.29) is 23.3 Å². The van der Waals surface area contributed by atoms with Crippen LogP contribution in [0.25, 0.3) is 22.6 Å². The Hall–Kier alpha value is -4.21. The van der Waals surface area contributed by atoms with E-state index in [0.29, 0.717) is 40.9 Å². The van der Waals surface area contributed by atoms with E-state index >= 15 is 0 Å². The standard InChI is InChI=1S/C28H30N8O2/c1-15-22(23(19-10-11-19)33-14-32-15)24-31-13-21-26(35-24)36(16(2)18-8-9-18)28(38)25(34-21)30-12-17-4-6-20(7-5-17)27(37)29-3/h4-7,13-14,16,18-19H,8-12H2,1-3H3,(H,29,37)(H,30,34). The molecule has 1 unspecified atom stereocenters. The Morgan fingerprint density at radius 2 is 1.84 bits per heavy atom. The second-order valence-corrected chi connectivity index (χ2v) is 10.2. The fourth-order valence-electron chi connectivity index (χ4n) is 4.94. The second-order valence-electron chi connectivity index (χ2n) is 10.2. The molecule has 0 radical (unpaired) electrons. The fourth-order valence-corrected chi connectivity index (χ4v) is 4.94. The summed E-state index contributed by atoms with van der Waals surface area (Å²) >= 11 is 0. The molecule has 3 aromatic heterocycles. The largest absolute Gasteiger partial charge is 0.361 e. The molecule has 0 spiro atoms. The van der Waals surface area contributed by atoms with Gasteiger partial charge in [-0.2, -0.15) is 0 Å². The minimum atomic E-state index is -0.202. The third-order valence-corrected chi connectivity index (χ3v) is 7.50. The summed E-state index contributed by atoms with van der Waals surface area (Å²) in [6.45, 7) is 4.42. The molecule has 2 aliphatic carbocycles. The van der Waals surface area contributed by atoms with E-state index in [1.807, 2.05) is 19.1 Å². The number of benzene rings is 1. The molecule has 10 heteroatoms. The van der Waals surface area contributed by atoms with E-state index in [0.717, 1.165) is 48.2 Å². The van der Waals surface area contributed by atoms with Crippen LogP contribution in [0.3, 0.4) is 0 Å². The zero-order valence-corrected chi connectivity index (χ0v) is 21.7. The number of hydrogen-bond donors (Lipinski definition) is 2. The van der Waals surface area contributed by atoms with Crippen molar-refractivity contribution in [1.82, 2.24) is 34.8 Å². The first-order chi connectivity index (χ1) is 18.4. The Balaban J connectivity index is 1.39. The Bertz CT molecular complexity index is 1590. The number of fused-ring (bicyclic) bond motifs is 1. The zero-order valence-electron chi connectivity index (χ0n) is 21.7. The van der Waals surface area contributed by atoms with Crippen LogP contribution in [-0.4, -0.2) is 42.4 Å². The lowest BCUT2D eigenvalue weighted by atomic mass is 10.1. The van der Waals surface area contributed by atoms with Gasteiger partial charge in [-0.15, -0.1) is 0 Å². The summed E-state index contributed by atoms with van der Waals surface area (Å²) in [5, 5.41) is 5.82. The molecule has 0 aliphatic heterocycles. The lowest BCUT2D eigenvalue weighted by Crippen LogP contribution is -2.29. The topological polar surface area (TPSA) is 128 Å². The minimum absolute atomic E-state index is 0.0147. The maximum absolute atomic E-state index is 13.8. The van der Waals surface area contributed by atoms with Gasteiger partial charge in [0.1, 0.15) is 11.8 Å². The monoisotopic (exact) mass is 510 g/mol. The number of aryl methyl sites for hydroxylation is 1. The van der Waals surface area contributed by atoms with Gasteiger partial charge in [0.05, 0.1) is 23.1 Å². The van der Waals surface area contributed by atoms with Crippen LogP contribution in [0.2, 0.25) is 0 Å². The maximum atomic E-state index is 13.8. The number of rotatable bonds is 8. The average Bonchev–Trinajstić information content (AvgIpc) is 3.84. The van der Waals surface area contributed by atoms with E-state index < -0.39 is 0 Å². The summed E-state index contributed by atoms with van der Waals surface area (Å²) in [4.78, 5) is 48.7.